The second-order valence-corrected chi connectivity index (χ2v) is 7.81. The number of carbonyl (C=O) groups excluding carboxylic acids is 1. The molecule has 0 radical (unpaired) electrons. The predicted molar refractivity (Wildman–Crippen MR) is 94.5 cm³/mol. The van der Waals surface area contributed by atoms with Crippen LogP contribution in [0.1, 0.15) is 12.5 Å². The molecular weight excluding hydrogens is 390 g/mol. The number of benzene rings is 2. The van der Waals surface area contributed by atoms with Gasteiger partial charge in [-0.25, -0.2) is 12.8 Å². The van der Waals surface area contributed by atoms with Gasteiger partial charge in [0.2, 0.25) is 15.9 Å². The molecule has 2 N–H and O–H groups in total. The lowest BCUT2D eigenvalue weighted by Crippen LogP contribution is -2.44. The summed E-state index contributed by atoms with van der Waals surface area (Å²) in [4.78, 5) is 12.0. The highest BCUT2D eigenvalue weighted by molar-refractivity contribution is 7.89. The molecule has 9 heteroatoms. The van der Waals surface area contributed by atoms with Crippen LogP contribution in [0.2, 0.25) is 10.0 Å². The van der Waals surface area contributed by atoms with Gasteiger partial charge in [-0.15, -0.1) is 0 Å². The van der Waals surface area contributed by atoms with Crippen molar-refractivity contribution in [2.24, 2.45) is 0 Å². The SMILES string of the molecule is C[C@H](NS(=O)(=O)c1ccc(F)cc1)C(=O)NCc1ccc(Cl)cc1Cl. The van der Waals surface area contributed by atoms with Gasteiger partial charge in [0, 0.05) is 16.6 Å². The maximum absolute atomic E-state index is 12.9. The number of amides is 1. The third-order valence-electron chi connectivity index (χ3n) is 3.32. The first-order valence-electron chi connectivity index (χ1n) is 7.18. The quantitative estimate of drug-likeness (QED) is 0.776. The Morgan fingerprint density at radius 2 is 1.80 bits per heavy atom. The fourth-order valence-corrected chi connectivity index (χ4v) is 3.65. The second-order valence-electron chi connectivity index (χ2n) is 5.25. The van der Waals surface area contributed by atoms with E-state index in [1.165, 1.54) is 6.92 Å². The molecule has 2 rings (SSSR count). The summed E-state index contributed by atoms with van der Waals surface area (Å²) in [5.74, 6) is -1.08. The Bertz CT molecular complexity index is 873. The van der Waals surface area contributed by atoms with Crippen molar-refractivity contribution in [3.8, 4) is 0 Å². The van der Waals surface area contributed by atoms with Crippen LogP contribution in [0.25, 0.3) is 0 Å². The zero-order valence-electron chi connectivity index (χ0n) is 13.1. The number of nitrogens with one attached hydrogen (secondary N) is 2. The molecule has 0 heterocycles. The minimum absolute atomic E-state index is 0.122. The lowest BCUT2D eigenvalue weighted by atomic mass is 10.2. The molecule has 0 aliphatic rings. The summed E-state index contributed by atoms with van der Waals surface area (Å²) >= 11 is 11.8. The van der Waals surface area contributed by atoms with Crippen molar-refractivity contribution in [2.45, 2.75) is 24.4 Å². The van der Waals surface area contributed by atoms with Crippen molar-refractivity contribution in [1.29, 1.82) is 0 Å². The molecule has 1 atom stereocenters. The monoisotopic (exact) mass is 404 g/mol. The summed E-state index contributed by atoms with van der Waals surface area (Å²) < 4.78 is 39.5. The largest absolute Gasteiger partial charge is 0.351 e. The molecule has 0 saturated carbocycles. The van der Waals surface area contributed by atoms with E-state index in [-0.39, 0.29) is 11.4 Å². The molecular formula is C16H15Cl2FN2O3S. The third kappa shape index (κ3) is 5.40. The van der Waals surface area contributed by atoms with Gasteiger partial charge in [0.15, 0.2) is 0 Å². The maximum Gasteiger partial charge on any atom is 0.241 e. The average Bonchev–Trinajstić information content (AvgIpc) is 2.53. The third-order valence-corrected chi connectivity index (χ3v) is 5.46. The van der Waals surface area contributed by atoms with Gasteiger partial charge >= 0.3 is 0 Å². The standard InChI is InChI=1S/C16H15Cl2FN2O3S/c1-10(21-25(23,24)14-6-4-13(19)5-7-14)16(22)20-9-11-2-3-12(17)8-15(11)18/h2-8,10,21H,9H2,1H3,(H,20,22)/t10-/m0/s1. The number of hydrogen-bond donors (Lipinski definition) is 2. The van der Waals surface area contributed by atoms with Crippen LogP contribution in [-0.2, 0) is 21.4 Å². The summed E-state index contributed by atoms with van der Waals surface area (Å²) in [5, 5.41) is 3.46. The fourth-order valence-electron chi connectivity index (χ4n) is 1.97. The van der Waals surface area contributed by atoms with E-state index in [2.05, 4.69) is 10.0 Å². The molecule has 0 spiro atoms. The van der Waals surface area contributed by atoms with Gasteiger partial charge in [-0.2, -0.15) is 4.72 Å². The Morgan fingerprint density at radius 3 is 2.40 bits per heavy atom. The Morgan fingerprint density at radius 1 is 1.16 bits per heavy atom. The zero-order valence-corrected chi connectivity index (χ0v) is 15.4. The normalized spacial score (nSPS) is 12.6. The summed E-state index contributed by atoms with van der Waals surface area (Å²) in [6.07, 6.45) is 0. The molecule has 0 saturated heterocycles. The predicted octanol–water partition coefficient (Wildman–Crippen LogP) is 3.12. The summed E-state index contributed by atoms with van der Waals surface area (Å²) in [6, 6.07) is 8.12. The van der Waals surface area contributed by atoms with Gasteiger partial charge in [-0.3, -0.25) is 4.79 Å². The first kappa shape index (κ1) is 19.7. The highest BCUT2D eigenvalue weighted by atomic mass is 35.5. The molecule has 5 nitrogen and oxygen atoms in total. The van der Waals surface area contributed by atoms with Crippen molar-refractivity contribution in [1.82, 2.24) is 10.0 Å². The first-order chi connectivity index (χ1) is 11.7. The topological polar surface area (TPSA) is 75.3 Å². The molecule has 0 unspecified atom stereocenters. The van der Waals surface area contributed by atoms with Crippen molar-refractivity contribution in [3.63, 3.8) is 0 Å². The molecule has 1 amide bonds. The zero-order chi connectivity index (χ0) is 18.6. The van der Waals surface area contributed by atoms with Crippen molar-refractivity contribution in [2.75, 3.05) is 0 Å². The Labute approximate surface area is 155 Å². The number of rotatable bonds is 6. The molecule has 0 aliphatic carbocycles. The van der Waals surface area contributed by atoms with E-state index >= 15 is 0 Å². The highest BCUT2D eigenvalue weighted by Crippen LogP contribution is 2.20. The second kappa shape index (κ2) is 8.14. The van der Waals surface area contributed by atoms with Crippen molar-refractivity contribution in [3.05, 3.63) is 63.9 Å². The molecule has 0 bridgehead atoms. The average molecular weight is 405 g/mol. The van der Waals surface area contributed by atoms with E-state index in [1.54, 1.807) is 18.2 Å². The van der Waals surface area contributed by atoms with E-state index < -0.39 is 27.8 Å². The number of halogens is 3. The summed E-state index contributed by atoms with van der Waals surface area (Å²) in [6.45, 7) is 1.53. The van der Waals surface area contributed by atoms with Gasteiger partial charge in [-0.05, 0) is 48.9 Å². The molecule has 2 aromatic rings. The molecule has 2 aromatic carbocycles. The Balaban J connectivity index is 1.98. The number of hydrogen-bond acceptors (Lipinski definition) is 3. The van der Waals surface area contributed by atoms with Crippen LogP contribution >= 0.6 is 23.2 Å². The molecule has 134 valence electrons. The van der Waals surface area contributed by atoms with E-state index in [4.69, 9.17) is 23.2 Å². The summed E-state index contributed by atoms with van der Waals surface area (Å²) in [5.41, 5.74) is 0.646. The minimum atomic E-state index is -3.94. The smallest absolute Gasteiger partial charge is 0.241 e. The van der Waals surface area contributed by atoms with Crippen LogP contribution in [0.5, 0.6) is 0 Å². The van der Waals surface area contributed by atoms with Crippen LogP contribution < -0.4 is 10.0 Å². The van der Waals surface area contributed by atoms with Crippen molar-refractivity contribution < 1.29 is 17.6 Å². The van der Waals surface area contributed by atoms with E-state index in [0.29, 0.717) is 15.6 Å². The van der Waals surface area contributed by atoms with Crippen LogP contribution in [0, 0.1) is 5.82 Å². The van der Waals surface area contributed by atoms with Gasteiger partial charge in [0.1, 0.15) is 5.82 Å². The lowest BCUT2D eigenvalue weighted by Gasteiger charge is -2.15. The van der Waals surface area contributed by atoms with Crippen LogP contribution in [0.4, 0.5) is 4.39 Å². The van der Waals surface area contributed by atoms with Crippen LogP contribution in [0.3, 0.4) is 0 Å². The molecule has 0 aromatic heterocycles. The number of sulfonamides is 1. The van der Waals surface area contributed by atoms with E-state index in [9.17, 15) is 17.6 Å². The minimum Gasteiger partial charge on any atom is -0.351 e. The van der Waals surface area contributed by atoms with Gasteiger partial charge in [0.05, 0.1) is 10.9 Å². The highest BCUT2D eigenvalue weighted by Gasteiger charge is 2.22. The first-order valence-corrected chi connectivity index (χ1v) is 9.42. The lowest BCUT2D eigenvalue weighted by molar-refractivity contribution is -0.122. The van der Waals surface area contributed by atoms with Crippen LogP contribution in [0.15, 0.2) is 47.4 Å². The van der Waals surface area contributed by atoms with E-state index in [1.807, 2.05) is 0 Å². The van der Waals surface area contributed by atoms with Crippen LogP contribution in [-0.4, -0.2) is 20.4 Å². The molecule has 0 aliphatic heterocycles. The van der Waals surface area contributed by atoms with Gasteiger partial charge in [0.25, 0.3) is 0 Å². The maximum atomic E-state index is 12.9. The molecule has 0 fully saturated rings. The van der Waals surface area contributed by atoms with Crippen molar-refractivity contribution >= 4 is 39.1 Å². The van der Waals surface area contributed by atoms with E-state index in [0.717, 1.165) is 24.3 Å². The fraction of sp³-hybridized carbons (Fsp3) is 0.188. The summed E-state index contributed by atoms with van der Waals surface area (Å²) in [7, 11) is -3.94. The Kier molecular flexibility index (Phi) is 6.40. The molecule has 25 heavy (non-hydrogen) atoms. The Hall–Kier alpha value is -1.67. The van der Waals surface area contributed by atoms with Gasteiger partial charge in [-0.1, -0.05) is 29.3 Å². The van der Waals surface area contributed by atoms with Gasteiger partial charge < -0.3 is 5.32 Å². The number of carbonyl (C=O) groups is 1.